The molecule has 0 radical (unpaired) electrons. The lowest BCUT2D eigenvalue weighted by Gasteiger charge is -2.40. The van der Waals surface area contributed by atoms with Crippen LogP contribution in [0.5, 0.6) is 5.75 Å². The summed E-state index contributed by atoms with van der Waals surface area (Å²) in [5.41, 5.74) is 3.25. The third-order valence-corrected chi connectivity index (χ3v) is 5.92. The van der Waals surface area contributed by atoms with Gasteiger partial charge in [-0.15, -0.1) is 5.10 Å². The third kappa shape index (κ3) is 4.21. The van der Waals surface area contributed by atoms with Crippen molar-refractivity contribution in [2.75, 3.05) is 25.5 Å². The van der Waals surface area contributed by atoms with Crippen molar-refractivity contribution < 1.29 is 14.3 Å². The zero-order chi connectivity index (χ0) is 23.9. The SMILES string of the molecule is COc1cc(-c2cccc3c(NC4CN(C(=O)OC(C)(C)C)C4)cnnc23)c2ccccc2c1. The van der Waals surface area contributed by atoms with Crippen LogP contribution in [0, 0.1) is 0 Å². The van der Waals surface area contributed by atoms with Gasteiger partial charge in [-0.3, -0.25) is 0 Å². The Bertz CT molecular complexity index is 1370. The van der Waals surface area contributed by atoms with E-state index in [-0.39, 0.29) is 12.1 Å². The number of nitrogens with one attached hydrogen (secondary N) is 1. The van der Waals surface area contributed by atoms with Gasteiger partial charge >= 0.3 is 6.09 Å². The fourth-order valence-corrected chi connectivity index (χ4v) is 4.30. The summed E-state index contributed by atoms with van der Waals surface area (Å²) in [7, 11) is 1.68. The van der Waals surface area contributed by atoms with E-state index in [1.807, 2.05) is 57.2 Å². The Morgan fingerprint density at radius 1 is 1.03 bits per heavy atom. The first-order chi connectivity index (χ1) is 16.3. The largest absolute Gasteiger partial charge is 0.497 e. The van der Waals surface area contributed by atoms with Crippen LogP contribution in [0.25, 0.3) is 32.8 Å². The minimum atomic E-state index is -0.498. The Hall–Kier alpha value is -3.87. The van der Waals surface area contributed by atoms with Gasteiger partial charge in [0.15, 0.2) is 0 Å². The lowest BCUT2D eigenvalue weighted by molar-refractivity contribution is 0.0105. The summed E-state index contributed by atoms with van der Waals surface area (Å²) in [6.45, 7) is 6.78. The summed E-state index contributed by atoms with van der Waals surface area (Å²) in [6.07, 6.45) is 1.46. The molecule has 7 heteroatoms. The summed E-state index contributed by atoms with van der Waals surface area (Å²) in [5.74, 6) is 0.796. The molecule has 1 fully saturated rings. The Morgan fingerprint density at radius 3 is 2.56 bits per heavy atom. The monoisotopic (exact) mass is 456 g/mol. The smallest absolute Gasteiger partial charge is 0.410 e. The number of carbonyl (C=O) groups excluding carboxylic acids is 1. The van der Waals surface area contributed by atoms with Crippen LogP contribution in [0.2, 0.25) is 0 Å². The van der Waals surface area contributed by atoms with Gasteiger partial charge in [-0.05, 0) is 49.2 Å². The topological polar surface area (TPSA) is 76.6 Å². The molecule has 1 aliphatic heterocycles. The van der Waals surface area contributed by atoms with Gasteiger partial charge in [0.25, 0.3) is 0 Å². The molecule has 1 saturated heterocycles. The molecule has 1 amide bonds. The number of rotatable bonds is 4. The molecule has 4 aromatic rings. The predicted molar refractivity (Wildman–Crippen MR) is 134 cm³/mol. The van der Waals surface area contributed by atoms with E-state index in [2.05, 4.69) is 33.7 Å². The van der Waals surface area contributed by atoms with Gasteiger partial charge in [0.2, 0.25) is 0 Å². The molecule has 0 unspecified atom stereocenters. The van der Waals surface area contributed by atoms with Crippen LogP contribution in [0.15, 0.2) is 60.8 Å². The van der Waals surface area contributed by atoms with E-state index in [4.69, 9.17) is 9.47 Å². The number of aromatic nitrogens is 2. The molecule has 2 heterocycles. The van der Waals surface area contributed by atoms with Crippen molar-refractivity contribution >= 4 is 33.5 Å². The molecule has 0 aliphatic carbocycles. The van der Waals surface area contributed by atoms with Gasteiger partial charge in [0.1, 0.15) is 16.9 Å². The highest BCUT2D eigenvalue weighted by atomic mass is 16.6. The maximum Gasteiger partial charge on any atom is 0.410 e. The Balaban J connectivity index is 1.45. The van der Waals surface area contributed by atoms with Crippen molar-refractivity contribution in [2.24, 2.45) is 0 Å². The number of hydrogen-bond acceptors (Lipinski definition) is 6. The number of nitrogens with zero attached hydrogens (tertiary/aromatic N) is 3. The first-order valence-corrected chi connectivity index (χ1v) is 11.4. The van der Waals surface area contributed by atoms with Gasteiger partial charge in [0, 0.05) is 24.0 Å². The van der Waals surface area contributed by atoms with Crippen LogP contribution in [-0.2, 0) is 4.74 Å². The molecule has 1 aromatic heterocycles. The van der Waals surface area contributed by atoms with Gasteiger partial charge in [-0.1, -0.05) is 42.5 Å². The van der Waals surface area contributed by atoms with E-state index in [1.54, 1.807) is 18.2 Å². The second-order valence-corrected chi connectivity index (χ2v) is 9.58. The molecule has 0 atom stereocenters. The number of benzene rings is 3. The van der Waals surface area contributed by atoms with E-state index in [0.29, 0.717) is 13.1 Å². The standard InChI is InChI=1S/C27H28N4O3/c1-27(2,3)34-26(32)31-15-18(16-31)29-24-14-28-30-25-21(10-7-11-22(24)25)23-13-19(33-4)12-17-8-5-6-9-20(17)23/h5-14,18H,15-16H2,1-4H3,(H,29,30). The molecule has 3 aromatic carbocycles. The highest BCUT2D eigenvalue weighted by Crippen LogP contribution is 2.37. The number of ether oxygens (including phenoxy) is 2. The second-order valence-electron chi connectivity index (χ2n) is 9.58. The number of carbonyl (C=O) groups is 1. The van der Waals surface area contributed by atoms with Crippen molar-refractivity contribution in [3.8, 4) is 16.9 Å². The summed E-state index contributed by atoms with van der Waals surface area (Å²) in [6, 6.07) is 18.6. The molecular weight excluding hydrogens is 428 g/mol. The van der Waals surface area contributed by atoms with Crippen LogP contribution >= 0.6 is 0 Å². The van der Waals surface area contributed by atoms with Gasteiger partial charge in [0.05, 0.1) is 25.0 Å². The van der Waals surface area contributed by atoms with E-state index in [0.717, 1.165) is 44.2 Å². The highest BCUT2D eigenvalue weighted by molar-refractivity contribution is 6.07. The number of hydrogen-bond donors (Lipinski definition) is 1. The van der Waals surface area contributed by atoms with E-state index < -0.39 is 5.60 Å². The number of anilines is 1. The molecule has 0 spiro atoms. The Labute approximate surface area is 198 Å². The first-order valence-electron chi connectivity index (χ1n) is 11.4. The minimum absolute atomic E-state index is 0.126. The summed E-state index contributed by atoms with van der Waals surface area (Å²) < 4.78 is 11.0. The Kier molecular flexibility index (Phi) is 5.48. The number of amides is 1. The van der Waals surface area contributed by atoms with E-state index >= 15 is 0 Å². The van der Waals surface area contributed by atoms with Gasteiger partial charge in [-0.2, -0.15) is 5.10 Å². The van der Waals surface area contributed by atoms with Crippen molar-refractivity contribution in [1.29, 1.82) is 0 Å². The van der Waals surface area contributed by atoms with E-state index in [1.165, 1.54) is 0 Å². The first kappa shape index (κ1) is 21.9. The molecule has 34 heavy (non-hydrogen) atoms. The van der Waals surface area contributed by atoms with Crippen LogP contribution in [0.1, 0.15) is 20.8 Å². The lowest BCUT2D eigenvalue weighted by atomic mass is 9.95. The van der Waals surface area contributed by atoms with Gasteiger partial charge < -0.3 is 19.7 Å². The second kappa shape index (κ2) is 8.48. The van der Waals surface area contributed by atoms with Crippen LogP contribution in [0.3, 0.4) is 0 Å². The molecule has 1 aliphatic rings. The maximum absolute atomic E-state index is 12.3. The zero-order valence-electron chi connectivity index (χ0n) is 19.8. The third-order valence-electron chi connectivity index (χ3n) is 5.92. The molecule has 1 N–H and O–H groups in total. The summed E-state index contributed by atoms with van der Waals surface area (Å²) >= 11 is 0. The predicted octanol–water partition coefficient (Wildman–Crippen LogP) is 5.49. The van der Waals surface area contributed by atoms with Crippen LogP contribution in [0.4, 0.5) is 10.5 Å². The number of methoxy groups -OCH3 is 1. The Morgan fingerprint density at radius 2 is 1.79 bits per heavy atom. The number of likely N-dealkylation sites (tertiary alicyclic amines) is 1. The summed E-state index contributed by atoms with van der Waals surface area (Å²) in [5, 5.41) is 15.5. The number of fused-ring (bicyclic) bond motifs is 2. The van der Waals surface area contributed by atoms with Crippen LogP contribution < -0.4 is 10.1 Å². The molecule has 174 valence electrons. The van der Waals surface area contributed by atoms with Crippen molar-refractivity contribution in [2.45, 2.75) is 32.4 Å². The van der Waals surface area contributed by atoms with Crippen molar-refractivity contribution in [3.63, 3.8) is 0 Å². The molecule has 0 bridgehead atoms. The summed E-state index contributed by atoms with van der Waals surface area (Å²) in [4.78, 5) is 14.0. The normalized spacial score (nSPS) is 14.2. The molecular formula is C27H28N4O3. The highest BCUT2D eigenvalue weighted by Gasteiger charge is 2.34. The maximum atomic E-state index is 12.3. The van der Waals surface area contributed by atoms with Crippen molar-refractivity contribution in [3.05, 3.63) is 60.8 Å². The quantitative estimate of drug-likeness (QED) is 0.438. The lowest BCUT2D eigenvalue weighted by Crippen LogP contribution is -2.57. The van der Waals surface area contributed by atoms with Crippen LogP contribution in [-0.4, -0.2) is 53.0 Å². The molecule has 0 saturated carbocycles. The van der Waals surface area contributed by atoms with Crippen molar-refractivity contribution in [1.82, 2.24) is 15.1 Å². The average molecular weight is 457 g/mol. The molecule has 5 rings (SSSR count). The minimum Gasteiger partial charge on any atom is -0.497 e. The zero-order valence-corrected chi connectivity index (χ0v) is 19.8. The fourth-order valence-electron chi connectivity index (χ4n) is 4.30. The fraction of sp³-hybridized carbons (Fsp3) is 0.296. The average Bonchev–Trinajstić information content (AvgIpc) is 2.78. The van der Waals surface area contributed by atoms with E-state index in [9.17, 15) is 4.79 Å². The molecule has 7 nitrogen and oxygen atoms in total. The van der Waals surface area contributed by atoms with Gasteiger partial charge in [-0.25, -0.2) is 4.79 Å².